The number of hydrogen-bond acceptors (Lipinski definition) is 4. The fourth-order valence-corrected chi connectivity index (χ4v) is 4.15. The van der Waals surface area contributed by atoms with E-state index in [2.05, 4.69) is 0 Å². The van der Waals surface area contributed by atoms with Crippen molar-refractivity contribution in [2.45, 2.75) is 43.5 Å². The first-order valence-electron chi connectivity index (χ1n) is 7.44. The molecule has 2 rings (SSSR count). The van der Waals surface area contributed by atoms with Gasteiger partial charge < -0.3 is 9.84 Å². The molecule has 0 amide bonds. The lowest BCUT2D eigenvalue weighted by atomic mass is 10.1. The van der Waals surface area contributed by atoms with Gasteiger partial charge in [-0.2, -0.15) is 4.31 Å². The van der Waals surface area contributed by atoms with Gasteiger partial charge in [-0.1, -0.05) is 6.92 Å². The van der Waals surface area contributed by atoms with Crippen molar-refractivity contribution in [2.24, 2.45) is 0 Å². The molecule has 0 spiro atoms. The summed E-state index contributed by atoms with van der Waals surface area (Å²) < 4.78 is 31.8. The third-order valence-electron chi connectivity index (χ3n) is 3.64. The second kappa shape index (κ2) is 7.11. The number of carbonyl (C=O) groups is 1. The molecule has 1 unspecified atom stereocenters. The molecule has 0 radical (unpaired) electrons. The molecule has 0 aromatic heterocycles. The molecule has 0 saturated carbocycles. The number of aliphatic carboxylic acids is 1. The number of hydrogen-bond donors (Lipinski definition) is 1. The standard InChI is InChI=1S/C15H21NO5S/c1-2-11-21-12-6-8-13(9-7-12)22(19,20)16-10-4-3-5-14(16)15(17)18/h6-9,14H,2-5,10-11H2,1H3,(H,17,18). The summed E-state index contributed by atoms with van der Waals surface area (Å²) in [5, 5.41) is 9.23. The summed E-state index contributed by atoms with van der Waals surface area (Å²) in [5.41, 5.74) is 0. The van der Waals surface area contributed by atoms with E-state index < -0.39 is 22.0 Å². The van der Waals surface area contributed by atoms with Crippen LogP contribution < -0.4 is 4.74 Å². The first kappa shape index (κ1) is 16.8. The molecule has 1 aromatic rings. The topological polar surface area (TPSA) is 83.9 Å². The van der Waals surface area contributed by atoms with E-state index in [9.17, 15) is 18.3 Å². The Morgan fingerprint density at radius 3 is 2.59 bits per heavy atom. The van der Waals surface area contributed by atoms with Gasteiger partial charge in [-0.15, -0.1) is 0 Å². The molecule has 1 aromatic carbocycles. The number of ether oxygens (including phenoxy) is 1. The number of carboxylic acids is 1. The Morgan fingerprint density at radius 1 is 1.32 bits per heavy atom. The molecule has 0 aliphatic carbocycles. The molecule has 6 nitrogen and oxygen atoms in total. The number of carboxylic acid groups (broad SMARTS) is 1. The van der Waals surface area contributed by atoms with Crippen molar-refractivity contribution in [3.63, 3.8) is 0 Å². The van der Waals surface area contributed by atoms with Gasteiger partial charge in [0.1, 0.15) is 11.8 Å². The first-order chi connectivity index (χ1) is 10.5. The highest BCUT2D eigenvalue weighted by Crippen LogP contribution is 2.26. The SMILES string of the molecule is CCCOc1ccc(S(=O)(=O)N2CCCCC2C(=O)O)cc1. The lowest BCUT2D eigenvalue weighted by molar-refractivity contribution is -0.142. The molecule has 1 aliphatic rings. The molecule has 22 heavy (non-hydrogen) atoms. The highest BCUT2D eigenvalue weighted by molar-refractivity contribution is 7.89. The van der Waals surface area contributed by atoms with E-state index in [1.165, 1.54) is 12.1 Å². The van der Waals surface area contributed by atoms with Crippen LogP contribution in [0.2, 0.25) is 0 Å². The zero-order valence-corrected chi connectivity index (χ0v) is 13.4. The van der Waals surface area contributed by atoms with Gasteiger partial charge in [0.05, 0.1) is 11.5 Å². The van der Waals surface area contributed by atoms with Crippen LogP contribution in [-0.4, -0.2) is 43.0 Å². The second-order valence-electron chi connectivity index (χ2n) is 5.29. The van der Waals surface area contributed by atoms with Crippen LogP contribution >= 0.6 is 0 Å². The molecular formula is C15H21NO5S. The first-order valence-corrected chi connectivity index (χ1v) is 8.88. The van der Waals surface area contributed by atoms with E-state index in [-0.39, 0.29) is 11.4 Å². The van der Waals surface area contributed by atoms with Crippen LogP contribution in [0.1, 0.15) is 32.6 Å². The van der Waals surface area contributed by atoms with Gasteiger partial charge in [0, 0.05) is 6.54 Å². The van der Waals surface area contributed by atoms with Crippen molar-refractivity contribution < 1.29 is 23.1 Å². The Kier molecular flexibility index (Phi) is 5.42. The van der Waals surface area contributed by atoms with Crippen LogP contribution in [0.15, 0.2) is 29.2 Å². The molecule has 122 valence electrons. The maximum absolute atomic E-state index is 12.6. The fraction of sp³-hybridized carbons (Fsp3) is 0.533. The number of sulfonamides is 1. The van der Waals surface area contributed by atoms with Gasteiger partial charge in [0.15, 0.2) is 0 Å². The van der Waals surface area contributed by atoms with Crippen molar-refractivity contribution in [3.8, 4) is 5.75 Å². The summed E-state index contributed by atoms with van der Waals surface area (Å²) in [7, 11) is -3.80. The molecule has 0 bridgehead atoms. The van der Waals surface area contributed by atoms with E-state index in [1.807, 2.05) is 6.92 Å². The summed E-state index contributed by atoms with van der Waals surface area (Å²) in [5.74, 6) is -0.486. The monoisotopic (exact) mass is 327 g/mol. The molecular weight excluding hydrogens is 306 g/mol. The Bertz CT molecular complexity index is 611. The predicted octanol–water partition coefficient (Wildman–Crippen LogP) is 2.10. The Labute approximate surface area is 130 Å². The summed E-state index contributed by atoms with van der Waals surface area (Å²) in [6, 6.07) is 5.15. The van der Waals surface area contributed by atoms with Gasteiger partial charge >= 0.3 is 5.97 Å². The average molecular weight is 327 g/mol. The second-order valence-corrected chi connectivity index (χ2v) is 7.18. The minimum Gasteiger partial charge on any atom is -0.494 e. The number of rotatable bonds is 6. The van der Waals surface area contributed by atoms with Crippen molar-refractivity contribution in [2.75, 3.05) is 13.2 Å². The van der Waals surface area contributed by atoms with Crippen LogP contribution in [0.3, 0.4) is 0 Å². The lowest BCUT2D eigenvalue weighted by Crippen LogP contribution is -2.47. The van der Waals surface area contributed by atoms with Crippen molar-refractivity contribution in [1.82, 2.24) is 4.31 Å². The molecule has 1 heterocycles. The fourth-order valence-electron chi connectivity index (χ4n) is 2.50. The van der Waals surface area contributed by atoms with Gasteiger partial charge in [-0.25, -0.2) is 8.42 Å². The van der Waals surface area contributed by atoms with Crippen LogP contribution in [0.4, 0.5) is 0 Å². The number of piperidine rings is 1. The Hall–Kier alpha value is -1.60. The predicted molar refractivity (Wildman–Crippen MR) is 81.4 cm³/mol. The zero-order valence-electron chi connectivity index (χ0n) is 12.6. The largest absolute Gasteiger partial charge is 0.494 e. The van der Waals surface area contributed by atoms with Gasteiger partial charge in [0.25, 0.3) is 0 Å². The van der Waals surface area contributed by atoms with Crippen LogP contribution in [0.5, 0.6) is 5.75 Å². The maximum atomic E-state index is 12.6. The highest BCUT2D eigenvalue weighted by Gasteiger charge is 2.37. The minimum atomic E-state index is -3.80. The molecule has 1 N–H and O–H groups in total. The zero-order chi connectivity index (χ0) is 16.2. The molecule has 1 fully saturated rings. The van der Waals surface area contributed by atoms with Gasteiger partial charge in [-0.3, -0.25) is 4.79 Å². The van der Waals surface area contributed by atoms with Crippen LogP contribution in [-0.2, 0) is 14.8 Å². The maximum Gasteiger partial charge on any atom is 0.322 e. The average Bonchev–Trinajstić information content (AvgIpc) is 2.53. The lowest BCUT2D eigenvalue weighted by Gasteiger charge is -2.31. The Balaban J connectivity index is 2.23. The number of nitrogens with zero attached hydrogens (tertiary/aromatic N) is 1. The van der Waals surface area contributed by atoms with Crippen LogP contribution in [0, 0.1) is 0 Å². The summed E-state index contributed by atoms with van der Waals surface area (Å²) in [6.07, 6.45) is 2.63. The van der Waals surface area contributed by atoms with Crippen molar-refractivity contribution in [3.05, 3.63) is 24.3 Å². The quantitative estimate of drug-likeness (QED) is 0.865. The van der Waals surface area contributed by atoms with E-state index >= 15 is 0 Å². The van der Waals surface area contributed by atoms with E-state index in [0.717, 1.165) is 17.1 Å². The van der Waals surface area contributed by atoms with E-state index in [4.69, 9.17) is 4.74 Å². The Morgan fingerprint density at radius 2 is 2.00 bits per heavy atom. The van der Waals surface area contributed by atoms with Gasteiger partial charge in [-0.05, 0) is 49.9 Å². The summed E-state index contributed by atoms with van der Waals surface area (Å²) >= 11 is 0. The highest BCUT2D eigenvalue weighted by atomic mass is 32.2. The normalized spacial score (nSPS) is 19.8. The summed E-state index contributed by atoms with van der Waals surface area (Å²) in [4.78, 5) is 11.4. The van der Waals surface area contributed by atoms with Crippen molar-refractivity contribution >= 4 is 16.0 Å². The molecule has 7 heteroatoms. The molecule has 1 aliphatic heterocycles. The van der Waals surface area contributed by atoms with E-state index in [0.29, 0.717) is 25.2 Å². The third-order valence-corrected chi connectivity index (χ3v) is 5.56. The van der Waals surface area contributed by atoms with Crippen LogP contribution in [0.25, 0.3) is 0 Å². The number of benzene rings is 1. The van der Waals surface area contributed by atoms with E-state index in [1.54, 1.807) is 12.1 Å². The van der Waals surface area contributed by atoms with Gasteiger partial charge in [0.2, 0.25) is 10.0 Å². The molecule has 1 saturated heterocycles. The smallest absolute Gasteiger partial charge is 0.322 e. The summed E-state index contributed by atoms with van der Waals surface area (Å²) in [6.45, 7) is 2.80. The molecule has 1 atom stereocenters. The third kappa shape index (κ3) is 3.59. The van der Waals surface area contributed by atoms with Crippen molar-refractivity contribution in [1.29, 1.82) is 0 Å². The minimum absolute atomic E-state index is 0.101.